The van der Waals surface area contributed by atoms with Gasteiger partial charge in [-0.3, -0.25) is 4.79 Å². The zero-order chi connectivity index (χ0) is 18.6. The van der Waals surface area contributed by atoms with Crippen molar-refractivity contribution >= 4 is 29.0 Å². The Bertz CT molecular complexity index is 958. The molecule has 4 rings (SSSR count). The Hall–Kier alpha value is -2.92. The van der Waals surface area contributed by atoms with E-state index < -0.39 is 0 Å². The number of hydrogen-bond acceptors (Lipinski definition) is 4. The molecule has 0 radical (unpaired) electrons. The van der Waals surface area contributed by atoms with Gasteiger partial charge in [-0.2, -0.15) is 0 Å². The number of nitrogens with one attached hydrogen (secondary N) is 1. The molecule has 0 fully saturated rings. The quantitative estimate of drug-likeness (QED) is 0.741. The Labute approximate surface area is 163 Å². The maximum Gasteiger partial charge on any atom is 0.271 e. The van der Waals surface area contributed by atoms with Crippen molar-refractivity contribution in [3.8, 4) is 0 Å². The minimum Gasteiger partial charge on any atom is -0.347 e. The van der Waals surface area contributed by atoms with Gasteiger partial charge in [-0.15, -0.1) is 0 Å². The maximum atomic E-state index is 12.3. The fourth-order valence-corrected chi connectivity index (χ4v) is 3.46. The van der Waals surface area contributed by atoms with E-state index in [2.05, 4.69) is 38.4 Å². The highest BCUT2D eigenvalue weighted by Gasteiger charge is 2.19. The first-order valence-corrected chi connectivity index (χ1v) is 9.29. The van der Waals surface area contributed by atoms with Crippen LogP contribution < -0.4 is 10.2 Å². The lowest BCUT2D eigenvalue weighted by atomic mass is 10.0. The largest absolute Gasteiger partial charge is 0.347 e. The van der Waals surface area contributed by atoms with E-state index in [1.165, 1.54) is 11.8 Å². The summed E-state index contributed by atoms with van der Waals surface area (Å²) in [5.41, 5.74) is 3.62. The number of para-hydroxylation sites is 1. The molecule has 1 aliphatic rings. The van der Waals surface area contributed by atoms with Crippen molar-refractivity contribution in [3.05, 3.63) is 82.8 Å². The van der Waals surface area contributed by atoms with Crippen LogP contribution in [0, 0.1) is 0 Å². The summed E-state index contributed by atoms with van der Waals surface area (Å²) in [6.45, 7) is 1.24. The molecule has 1 N–H and O–H groups in total. The first-order chi connectivity index (χ1) is 13.2. The van der Waals surface area contributed by atoms with E-state index in [0.29, 0.717) is 11.6 Å². The Morgan fingerprint density at radius 2 is 1.89 bits per heavy atom. The monoisotopic (exact) mass is 378 g/mol. The minimum atomic E-state index is -0.270. The highest BCUT2D eigenvalue weighted by molar-refractivity contribution is 6.31. The van der Waals surface area contributed by atoms with Gasteiger partial charge in [0.25, 0.3) is 5.91 Å². The van der Waals surface area contributed by atoms with Crippen molar-refractivity contribution < 1.29 is 4.79 Å². The number of rotatable bonds is 4. The summed E-state index contributed by atoms with van der Waals surface area (Å²) < 4.78 is 0. The van der Waals surface area contributed by atoms with Gasteiger partial charge in [-0.25, -0.2) is 9.97 Å². The topological polar surface area (TPSA) is 58.1 Å². The second-order valence-corrected chi connectivity index (χ2v) is 6.83. The number of hydrogen-bond donors (Lipinski definition) is 1. The fourth-order valence-electron chi connectivity index (χ4n) is 3.26. The van der Waals surface area contributed by atoms with Crippen LogP contribution in [0.1, 0.15) is 28.0 Å². The summed E-state index contributed by atoms with van der Waals surface area (Å²) in [6.07, 6.45) is 5.32. The van der Waals surface area contributed by atoms with Crippen molar-refractivity contribution in [1.29, 1.82) is 0 Å². The number of nitrogens with zero attached hydrogens (tertiary/aromatic N) is 3. The zero-order valence-electron chi connectivity index (χ0n) is 14.7. The molecule has 0 aliphatic carbocycles. The molecular formula is C21H19ClN4O. The maximum absolute atomic E-state index is 12.3. The third-order valence-corrected chi connectivity index (χ3v) is 5.02. The Morgan fingerprint density at radius 3 is 2.70 bits per heavy atom. The van der Waals surface area contributed by atoms with Crippen LogP contribution in [0.15, 0.2) is 60.9 Å². The van der Waals surface area contributed by atoms with Gasteiger partial charge < -0.3 is 10.2 Å². The molecule has 6 heteroatoms. The number of anilines is 2. The van der Waals surface area contributed by atoms with Crippen LogP contribution in [0.3, 0.4) is 0 Å². The van der Waals surface area contributed by atoms with Crippen LogP contribution in [0.25, 0.3) is 0 Å². The summed E-state index contributed by atoms with van der Waals surface area (Å²) in [5, 5.41) is 3.46. The van der Waals surface area contributed by atoms with Crippen LogP contribution >= 0.6 is 11.6 Å². The number of fused-ring (bicyclic) bond motifs is 1. The second-order valence-electron chi connectivity index (χ2n) is 6.42. The molecule has 27 heavy (non-hydrogen) atoms. The Kier molecular flexibility index (Phi) is 5.03. The third kappa shape index (κ3) is 3.78. The summed E-state index contributed by atoms with van der Waals surface area (Å²) in [4.78, 5) is 23.3. The summed E-state index contributed by atoms with van der Waals surface area (Å²) in [5.74, 6) is 0.484. The summed E-state index contributed by atoms with van der Waals surface area (Å²) in [6, 6.07) is 15.8. The average molecular weight is 379 g/mol. The Morgan fingerprint density at radius 1 is 1.07 bits per heavy atom. The standard InChI is InChI=1S/C21H19ClN4O/c22-17-9-3-1-7-16(17)12-25-21(27)18-13-24-20(14-23-18)26-11-5-8-15-6-2-4-10-19(15)26/h1-4,6-7,9-10,13-14H,5,8,11-12H2,(H,25,27). The van der Waals surface area contributed by atoms with Crippen LogP contribution in [-0.2, 0) is 13.0 Å². The van der Waals surface area contributed by atoms with Gasteiger partial charge in [0, 0.05) is 23.8 Å². The number of carbonyl (C=O) groups excluding carboxylic acids is 1. The van der Waals surface area contributed by atoms with Gasteiger partial charge in [-0.05, 0) is 36.1 Å². The molecule has 2 aromatic carbocycles. The molecule has 136 valence electrons. The van der Waals surface area contributed by atoms with E-state index in [1.807, 2.05) is 24.3 Å². The highest BCUT2D eigenvalue weighted by atomic mass is 35.5. The van der Waals surface area contributed by atoms with E-state index in [9.17, 15) is 4.79 Å². The molecular weight excluding hydrogens is 360 g/mol. The Balaban J connectivity index is 1.46. The molecule has 5 nitrogen and oxygen atoms in total. The predicted molar refractivity (Wildman–Crippen MR) is 106 cm³/mol. The van der Waals surface area contributed by atoms with Crippen LogP contribution in [0.2, 0.25) is 5.02 Å². The van der Waals surface area contributed by atoms with E-state index in [0.717, 1.165) is 36.5 Å². The summed E-state index contributed by atoms with van der Waals surface area (Å²) in [7, 11) is 0. The van der Waals surface area contributed by atoms with Crippen LogP contribution in [-0.4, -0.2) is 22.4 Å². The molecule has 3 aromatic rings. The first kappa shape index (κ1) is 17.5. The number of amides is 1. The third-order valence-electron chi connectivity index (χ3n) is 4.65. The van der Waals surface area contributed by atoms with Gasteiger partial charge in [0.1, 0.15) is 5.69 Å². The lowest BCUT2D eigenvalue weighted by Crippen LogP contribution is -2.27. The lowest BCUT2D eigenvalue weighted by Gasteiger charge is -2.30. The number of halogens is 1. The van der Waals surface area contributed by atoms with Gasteiger partial charge in [0.15, 0.2) is 5.82 Å². The number of carbonyl (C=O) groups is 1. The smallest absolute Gasteiger partial charge is 0.271 e. The first-order valence-electron chi connectivity index (χ1n) is 8.91. The highest BCUT2D eigenvalue weighted by Crippen LogP contribution is 2.31. The number of aromatic nitrogens is 2. The summed E-state index contributed by atoms with van der Waals surface area (Å²) >= 11 is 6.12. The van der Waals surface area contributed by atoms with Crippen LogP contribution in [0.5, 0.6) is 0 Å². The van der Waals surface area contributed by atoms with Crippen molar-refractivity contribution in [2.45, 2.75) is 19.4 Å². The average Bonchev–Trinajstić information content (AvgIpc) is 2.73. The normalized spacial score (nSPS) is 13.1. The predicted octanol–water partition coefficient (Wildman–Crippen LogP) is 4.14. The number of aryl methyl sites for hydroxylation is 1. The molecule has 0 atom stereocenters. The van der Waals surface area contributed by atoms with Gasteiger partial charge in [0.05, 0.1) is 12.4 Å². The lowest BCUT2D eigenvalue weighted by molar-refractivity contribution is 0.0945. The molecule has 0 spiro atoms. The van der Waals surface area contributed by atoms with Crippen molar-refractivity contribution in [1.82, 2.24) is 15.3 Å². The van der Waals surface area contributed by atoms with Gasteiger partial charge >= 0.3 is 0 Å². The molecule has 0 unspecified atom stereocenters. The number of benzene rings is 2. The molecule has 1 aromatic heterocycles. The molecule has 1 amide bonds. The fraction of sp³-hybridized carbons (Fsp3) is 0.190. The van der Waals surface area contributed by atoms with E-state index in [1.54, 1.807) is 12.3 Å². The van der Waals surface area contributed by atoms with E-state index in [4.69, 9.17) is 11.6 Å². The van der Waals surface area contributed by atoms with Crippen molar-refractivity contribution in [2.24, 2.45) is 0 Å². The molecule has 1 aliphatic heterocycles. The SMILES string of the molecule is O=C(NCc1ccccc1Cl)c1cnc(N2CCCc3ccccc32)cn1. The molecule has 0 saturated carbocycles. The van der Waals surface area contributed by atoms with Gasteiger partial charge in [-0.1, -0.05) is 48.0 Å². The molecule has 0 saturated heterocycles. The minimum absolute atomic E-state index is 0.270. The second kappa shape index (κ2) is 7.76. The van der Waals surface area contributed by atoms with E-state index >= 15 is 0 Å². The molecule has 0 bridgehead atoms. The van der Waals surface area contributed by atoms with Gasteiger partial charge in [0.2, 0.25) is 0 Å². The zero-order valence-corrected chi connectivity index (χ0v) is 15.5. The van der Waals surface area contributed by atoms with Crippen molar-refractivity contribution in [3.63, 3.8) is 0 Å². The molecule has 2 heterocycles. The van der Waals surface area contributed by atoms with Crippen LogP contribution in [0.4, 0.5) is 11.5 Å². The van der Waals surface area contributed by atoms with E-state index in [-0.39, 0.29) is 11.6 Å². The van der Waals surface area contributed by atoms with Crippen molar-refractivity contribution in [2.75, 3.05) is 11.4 Å².